The SMILES string of the molecule is Cc1ccc(N(c2ccc(C)cc2)c2ccccc2-c2ccc3c(c2)C(C)(C)C(C)(C)C3(C)C)cc1. The number of fused-ring (bicyclic) bond motifs is 1. The second-order valence-electron chi connectivity index (χ2n) is 12.2. The molecule has 1 nitrogen and oxygen atoms in total. The lowest BCUT2D eigenvalue weighted by Crippen LogP contribution is -2.42. The topological polar surface area (TPSA) is 3.24 Å². The van der Waals surface area contributed by atoms with Gasteiger partial charge in [-0.15, -0.1) is 0 Å². The zero-order chi connectivity index (χ0) is 25.9. The third-order valence-corrected chi connectivity index (χ3v) is 9.53. The molecule has 0 radical (unpaired) electrons. The lowest BCUT2D eigenvalue weighted by Gasteiger charge is -2.44. The summed E-state index contributed by atoms with van der Waals surface area (Å²) >= 11 is 0. The van der Waals surface area contributed by atoms with E-state index in [0.717, 1.165) is 0 Å². The summed E-state index contributed by atoms with van der Waals surface area (Å²) in [5, 5.41) is 0. The summed E-state index contributed by atoms with van der Waals surface area (Å²) in [6.07, 6.45) is 0. The van der Waals surface area contributed by atoms with Gasteiger partial charge < -0.3 is 4.90 Å². The monoisotopic (exact) mass is 473 g/mol. The molecule has 4 aromatic carbocycles. The number of hydrogen-bond donors (Lipinski definition) is 0. The Hall–Kier alpha value is -3.32. The third kappa shape index (κ3) is 3.60. The number of anilines is 3. The summed E-state index contributed by atoms with van der Waals surface area (Å²) in [5.74, 6) is 0. The lowest BCUT2D eigenvalue weighted by molar-refractivity contribution is 0.125. The number of rotatable bonds is 4. The molecule has 184 valence electrons. The average Bonchev–Trinajstić information content (AvgIpc) is 2.96. The van der Waals surface area contributed by atoms with E-state index < -0.39 is 0 Å². The summed E-state index contributed by atoms with van der Waals surface area (Å²) in [6.45, 7) is 18.8. The van der Waals surface area contributed by atoms with Crippen molar-refractivity contribution >= 4 is 17.1 Å². The van der Waals surface area contributed by atoms with Gasteiger partial charge >= 0.3 is 0 Å². The van der Waals surface area contributed by atoms with E-state index in [0.29, 0.717) is 0 Å². The molecule has 0 heterocycles. The minimum atomic E-state index is 0.0738. The van der Waals surface area contributed by atoms with Crippen LogP contribution in [0, 0.1) is 19.3 Å². The van der Waals surface area contributed by atoms with Crippen LogP contribution < -0.4 is 4.90 Å². The highest BCUT2D eigenvalue weighted by Crippen LogP contribution is 2.62. The van der Waals surface area contributed by atoms with Crippen molar-refractivity contribution in [3.8, 4) is 11.1 Å². The van der Waals surface area contributed by atoms with E-state index in [4.69, 9.17) is 0 Å². The molecule has 36 heavy (non-hydrogen) atoms. The van der Waals surface area contributed by atoms with Crippen LogP contribution in [0.4, 0.5) is 17.1 Å². The molecule has 0 amide bonds. The molecule has 0 atom stereocenters. The van der Waals surface area contributed by atoms with Gasteiger partial charge in [0, 0.05) is 16.9 Å². The van der Waals surface area contributed by atoms with Crippen molar-refractivity contribution < 1.29 is 0 Å². The Morgan fingerprint density at radius 2 is 1.03 bits per heavy atom. The van der Waals surface area contributed by atoms with Crippen molar-refractivity contribution in [1.82, 2.24) is 0 Å². The highest BCUT2D eigenvalue weighted by atomic mass is 15.1. The molecule has 1 aliphatic carbocycles. The first-order valence-corrected chi connectivity index (χ1v) is 13.1. The first-order chi connectivity index (χ1) is 16.9. The maximum absolute atomic E-state index is 2.47. The molecular formula is C35H39N. The Labute approximate surface area is 217 Å². The average molecular weight is 474 g/mol. The molecule has 1 heteroatoms. The van der Waals surface area contributed by atoms with Crippen molar-refractivity contribution in [3.63, 3.8) is 0 Å². The number of nitrogens with zero attached hydrogens (tertiary/aromatic N) is 1. The number of benzene rings is 4. The van der Waals surface area contributed by atoms with Crippen molar-refractivity contribution in [1.29, 1.82) is 0 Å². The number of para-hydroxylation sites is 1. The van der Waals surface area contributed by atoms with Gasteiger partial charge in [-0.05, 0) is 77.1 Å². The van der Waals surface area contributed by atoms with Crippen LogP contribution in [0.1, 0.15) is 63.8 Å². The summed E-state index contributed by atoms with van der Waals surface area (Å²) in [6, 6.07) is 33.7. The van der Waals surface area contributed by atoms with Gasteiger partial charge in [-0.3, -0.25) is 0 Å². The van der Waals surface area contributed by atoms with Gasteiger partial charge in [0.1, 0.15) is 0 Å². The molecule has 0 unspecified atom stereocenters. The Morgan fingerprint density at radius 3 is 1.58 bits per heavy atom. The van der Waals surface area contributed by atoms with E-state index in [1.807, 2.05) is 0 Å². The summed E-state index contributed by atoms with van der Waals surface area (Å²) in [5.41, 5.74) is 11.9. The van der Waals surface area contributed by atoms with Crippen LogP contribution in [0.25, 0.3) is 11.1 Å². The second kappa shape index (κ2) is 8.37. The summed E-state index contributed by atoms with van der Waals surface area (Å²) in [7, 11) is 0. The van der Waals surface area contributed by atoms with Gasteiger partial charge in [0.05, 0.1) is 5.69 Å². The predicted octanol–water partition coefficient (Wildman–Crippen LogP) is 10.0. The van der Waals surface area contributed by atoms with Gasteiger partial charge in [0.15, 0.2) is 0 Å². The van der Waals surface area contributed by atoms with Gasteiger partial charge in [-0.25, -0.2) is 0 Å². The fourth-order valence-electron chi connectivity index (χ4n) is 5.96. The fourth-order valence-corrected chi connectivity index (χ4v) is 5.96. The lowest BCUT2D eigenvalue weighted by atomic mass is 9.59. The molecule has 0 aromatic heterocycles. The Balaban J connectivity index is 1.71. The van der Waals surface area contributed by atoms with E-state index in [1.165, 1.54) is 50.4 Å². The summed E-state index contributed by atoms with van der Waals surface area (Å²) < 4.78 is 0. The standard InChI is InChI=1S/C35H39N/c1-24-13-18-27(19-14-24)36(28-20-15-25(2)16-21-28)32-12-10-9-11-29(32)26-17-22-30-31(23-26)34(5,6)35(7,8)33(30,3)4/h9-23H,1-8H3. The molecule has 0 bridgehead atoms. The smallest absolute Gasteiger partial charge is 0.0540 e. The molecule has 4 aromatic rings. The maximum Gasteiger partial charge on any atom is 0.0540 e. The van der Waals surface area contributed by atoms with Gasteiger partial charge in [0.25, 0.3) is 0 Å². The van der Waals surface area contributed by atoms with Crippen LogP contribution in [0.2, 0.25) is 0 Å². The molecule has 0 saturated carbocycles. The highest BCUT2D eigenvalue weighted by molar-refractivity contribution is 5.88. The van der Waals surface area contributed by atoms with Crippen molar-refractivity contribution in [2.45, 2.75) is 66.2 Å². The van der Waals surface area contributed by atoms with Gasteiger partial charge in [0.2, 0.25) is 0 Å². The van der Waals surface area contributed by atoms with Crippen molar-refractivity contribution in [2.24, 2.45) is 5.41 Å². The van der Waals surface area contributed by atoms with Crippen LogP contribution in [0.3, 0.4) is 0 Å². The van der Waals surface area contributed by atoms with Gasteiger partial charge in [-0.1, -0.05) is 113 Å². The van der Waals surface area contributed by atoms with Crippen LogP contribution in [0.15, 0.2) is 91.0 Å². The van der Waals surface area contributed by atoms with E-state index >= 15 is 0 Å². The first-order valence-electron chi connectivity index (χ1n) is 13.1. The molecule has 0 aliphatic heterocycles. The van der Waals surface area contributed by atoms with Crippen LogP contribution in [0.5, 0.6) is 0 Å². The Morgan fingerprint density at radius 1 is 0.528 bits per heavy atom. The van der Waals surface area contributed by atoms with E-state index in [2.05, 4.69) is 151 Å². The highest BCUT2D eigenvalue weighted by Gasteiger charge is 2.56. The normalized spacial score (nSPS) is 17.0. The zero-order valence-corrected chi connectivity index (χ0v) is 23.1. The maximum atomic E-state index is 2.47. The Kier molecular flexibility index (Phi) is 5.67. The molecule has 0 saturated heterocycles. The van der Waals surface area contributed by atoms with Gasteiger partial charge in [-0.2, -0.15) is 0 Å². The van der Waals surface area contributed by atoms with Crippen LogP contribution in [-0.2, 0) is 10.8 Å². The van der Waals surface area contributed by atoms with Crippen LogP contribution in [-0.4, -0.2) is 0 Å². The van der Waals surface area contributed by atoms with Crippen molar-refractivity contribution in [2.75, 3.05) is 4.90 Å². The molecular weight excluding hydrogens is 434 g/mol. The zero-order valence-electron chi connectivity index (χ0n) is 23.1. The molecule has 0 N–H and O–H groups in total. The largest absolute Gasteiger partial charge is 0.310 e. The quantitative estimate of drug-likeness (QED) is 0.285. The van der Waals surface area contributed by atoms with E-state index in [1.54, 1.807) is 0 Å². The van der Waals surface area contributed by atoms with E-state index in [-0.39, 0.29) is 16.2 Å². The predicted molar refractivity (Wildman–Crippen MR) is 156 cm³/mol. The third-order valence-electron chi connectivity index (χ3n) is 9.53. The number of hydrogen-bond acceptors (Lipinski definition) is 1. The Bertz CT molecular complexity index is 1360. The van der Waals surface area contributed by atoms with Crippen LogP contribution >= 0.6 is 0 Å². The van der Waals surface area contributed by atoms with E-state index in [9.17, 15) is 0 Å². The second-order valence-corrected chi connectivity index (χ2v) is 12.2. The number of aryl methyl sites for hydroxylation is 2. The first kappa shape index (κ1) is 24.4. The summed E-state index contributed by atoms with van der Waals surface area (Å²) in [4.78, 5) is 2.39. The molecule has 5 rings (SSSR count). The van der Waals surface area contributed by atoms with Crippen molar-refractivity contribution in [3.05, 3.63) is 113 Å². The minimum Gasteiger partial charge on any atom is -0.310 e. The molecule has 1 aliphatic rings. The fraction of sp³-hybridized carbons (Fsp3) is 0.314. The molecule has 0 spiro atoms. The minimum absolute atomic E-state index is 0.0738. The molecule has 0 fully saturated rings.